The molecule has 0 spiro atoms. The summed E-state index contributed by atoms with van der Waals surface area (Å²) in [4.78, 5) is 1.99. The Morgan fingerprint density at radius 2 is 1.60 bits per heavy atom. The maximum Gasteiger partial charge on any atom is 0.296 e. The fraction of sp³-hybridized carbons (Fsp3) is 0.208. The summed E-state index contributed by atoms with van der Waals surface area (Å²) in [6.07, 6.45) is 0. The molecule has 16 heteroatoms. The molecule has 0 amide bonds. The van der Waals surface area contributed by atoms with Crippen molar-refractivity contribution < 1.29 is 25.9 Å². The van der Waals surface area contributed by atoms with Crippen molar-refractivity contribution in [1.82, 2.24) is 19.6 Å². The van der Waals surface area contributed by atoms with Gasteiger partial charge in [0, 0.05) is 5.41 Å². The maximum atomic E-state index is 12.1. The van der Waals surface area contributed by atoms with Crippen LogP contribution >= 0.6 is 0 Å². The Bertz CT molecular complexity index is 1910. The van der Waals surface area contributed by atoms with Crippen molar-refractivity contribution in [3.05, 3.63) is 71.3 Å². The van der Waals surface area contributed by atoms with Crippen LogP contribution in [0.25, 0.3) is 16.2 Å². The first-order valence-electron chi connectivity index (χ1n) is 11.5. The molecule has 0 fully saturated rings. The average molecular weight is 585 g/mol. The highest BCUT2D eigenvalue weighted by atomic mass is 32.2. The van der Waals surface area contributed by atoms with Gasteiger partial charge in [-0.3, -0.25) is 9.11 Å². The van der Waals surface area contributed by atoms with Gasteiger partial charge in [0.2, 0.25) is 0 Å². The standard InChI is InChI=1S/C24H24N8O6S2/c1-14-19(26-5)23(32(29-14)17-13-16(39(33,34)35)11-12-18(17)40(36,37)38)28-27-20-21(24(2,3)4)30-31(22(20)25)15-9-7-6-8-10-15/h6-13H,25H2,1-4H3,(H,33,34,35)(H,36,37,38). The molecule has 4 N–H and O–H groups in total. The fourth-order valence-corrected chi connectivity index (χ4v) is 4.98. The van der Waals surface area contributed by atoms with Crippen molar-refractivity contribution in [2.24, 2.45) is 10.2 Å². The fourth-order valence-electron chi connectivity index (χ4n) is 3.83. The van der Waals surface area contributed by atoms with Crippen LogP contribution in [0.1, 0.15) is 32.2 Å². The molecule has 0 saturated heterocycles. The molecule has 14 nitrogen and oxygen atoms in total. The smallest absolute Gasteiger partial charge is 0.296 e. The first kappa shape index (κ1) is 28.6. The number of aryl methyl sites for hydroxylation is 1. The molecule has 0 aliphatic heterocycles. The monoisotopic (exact) mass is 584 g/mol. The van der Waals surface area contributed by atoms with Crippen molar-refractivity contribution in [2.75, 3.05) is 5.73 Å². The third kappa shape index (κ3) is 5.35. The van der Waals surface area contributed by atoms with Gasteiger partial charge in [0.25, 0.3) is 25.9 Å². The first-order valence-corrected chi connectivity index (χ1v) is 14.3. The molecule has 0 bridgehead atoms. The zero-order valence-electron chi connectivity index (χ0n) is 21.7. The number of rotatable bonds is 6. The normalized spacial score (nSPS) is 12.6. The largest absolute Gasteiger partial charge is 0.382 e. The van der Waals surface area contributed by atoms with E-state index in [-0.39, 0.29) is 28.7 Å². The quantitative estimate of drug-likeness (QED) is 0.163. The van der Waals surface area contributed by atoms with Crippen LogP contribution in [-0.2, 0) is 25.7 Å². The minimum Gasteiger partial charge on any atom is -0.382 e. The van der Waals surface area contributed by atoms with E-state index in [2.05, 4.69) is 25.3 Å². The number of nitrogens with two attached hydrogens (primary N) is 1. The van der Waals surface area contributed by atoms with E-state index in [9.17, 15) is 25.9 Å². The summed E-state index contributed by atoms with van der Waals surface area (Å²) in [7, 11) is -9.70. The van der Waals surface area contributed by atoms with Gasteiger partial charge in [-0.25, -0.2) is 14.2 Å². The summed E-state index contributed by atoms with van der Waals surface area (Å²) >= 11 is 0. The van der Waals surface area contributed by atoms with E-state index in [4.69, 9.17) is 12.3 Å². The van der Waals surface area contributed by atoms with Crippen LogP contribution in [0.2, 0.25) is 0 Å². The Hall–Kier alpha value is -4.43. The Morgan fingerprint density at radius 1 is 0.950 bits per heavy atom. The molecule has 4 aromatic rings. The van der Waals surface area contributed by atoms with E-state index < -0.39 is 41.1 Å². The van der Waals surface area contributed by atoms with Crippen LogP contribution in [0.15, 0.2) is 68.6 Å². The van der Waals surface area contributed by atoms with Gasteiger partial charge in [-0.1, -0.05) is 39.0 Å². The molecular weight excluding hydrogens is 560 g/mol. The number of azo groups is 1. The van der Waals surface area contributed by atoms with E-state index in [1.54, 1.807) is 12.1 Å². The van der Waals surface area contributed by atoms with E-state index in [0.29, 0.717) is 11.4 Å². The van der Waals surface area contributed by atoms with Gasteiger partial charge >= 0.3 is 0 Å². The lowest BCUT2D eigenvalue weighted by Gasteiger charge is -2.15. The SMILES string of the molecule is [C-]#[N+]c1c(C)nn(-c2cc(S(=O)(=O)O)ccc2S(=O)(=O)O)c1N=Nc1c(C(C)(C)C)nn(-c2ccccc2)c1N. The molecule has 0 radical (unpaired) electrons. The van der Waals surface area contributed by atoms with Gasteiger partial charge in [-0.05, 0) is 37.3 Å². The third-order valence-corrected chi connectivity index (χ3v) is 7.45. The predicted octanol–water partition coefficient (Wildman–Crippen LogP) is 4.71. The van der Waals surface area contributed by atoms with E-state index in [1.807, 2.05) is 39.0 Å². The number of anilines is 1. The van der Waals surface area contributed by atoms with Crippen molar-refractivity contribution in [3.8, 4) is 11.4 Å². The number of hydrogen-bond donors (Lipinski definition) is 3. The molecule has 2 heterocycles. The van der Waals surface area contributed by atoms with Crippen molar-refractivity contribution >= 4 is 43.2 Å². The molecule has 4 rings (SSSR count). The molecule has 0 unspecified atom stereocenters. The van der Waals surface area contributed by atoms with Crippen molar-refractivity contribution in [1.29, 1.82) is 0 Å². The summed E-state index contributed by atoms with van der Waals surface area (Å²) in [5.41, 5.74) is 6.67. The van der Waals surface area contributed by atoms with Crippen molar-refractivity contribution in [3.63, 3.8) is 0 Å². The lowest BCUT2D eigenvalue weighted by atomic mass is 9.91. The topological polar surface area (TPSA) is 199 Å². The number of aromatic nitrogens is 4. The summed E-state index contributed by atoms with van der Waals surface area (Å²) in [5.74, 6) is -0.143. The molecule has 40 heavy (non-hydrogen) atoms. The van der Waals surface area contributed by atoms with Crippen LogP contribution in [0.4, 0.5) is 23.0 Å². The summed E-state index contributed by atoms with van der Waals surface area (Å²) in [6, 6.07) is 11.4. The predicted molar refractivity (Wildman–Crippen MR) is 145 cm³/mol. The number of para-hydroxylation sites is 1. The average Bonchev–Trinajstić information content (AvgIpc) is 3.37. The molecule has 0 aliphatic rings. The second-order valence-electron chi connectivity index (χ2n) is 9.64. The lowest BCUT2D eigenvalue weighted by molar-refractivity contribution is 0.477. The molecule has 2 aromatic heterocycles. The molecule has 0 aliphatic carbocycles. The zero-order valence-corrected chi connectivity index (χ0v) is 23.3. The number of hydrogen-bond acceptors (Lipinski definition) is 9. The number of benzene rings is 2. The van der Waals surface area contributed by atoms with Gasteiger partial charge < -0.3 is 5.73 Å². The minimum atomic E-state index is -4.92. The Morgan fingerprint density at radius 3 is 2.15 bits per heavy atom. The summed E-state index contributed by atoms with van der Waals surface area (Å²) in [5, 5.41) is 17.3. The highest BCUT2D eigenvalue weighted by Gasteiger charge is 2.28. The summed E-state index contributed by atoms with van der Waals surface area (Å²) < 4.78 is 69.5. The highest BCUT2D eigenvalue weighted by Crippen LogP contribution is 2.41. The Labute approximate surface area is 230 Å². The van der Waals surface area contributed by atoms with Crippen LogP contribution in [0.5, 0.6) is 0 Å². The van der Waals surface area contributed by atoms with Gasteiger partial charge in [0.15, 0.2) is 17.3 Å². The van der Waals surface area contributed by atoms with Gasteiger partial charge in [0.05, 0.1) is 34.2 Å². The summed E-state index contributed by atoms with van der Waals surface area (Å²) in [6.45, 7) is 14.7. The van der Waals surface area contributed by atoms with Crippen LogP contribution in [0.3, 0.4) is 0 Å². The van der Waals surface area contributed by atoms with E-state index in [0.717, 1.165) is 22.9 Å². The van der Waals surface area contributed by atoms with Gasteiger partial charge in [0.1, 0.15) is 4.90 Å². The minimum absolute atomic E-state index is 0.103. The first-order chi connectivity index (χ1) is 18.5. The molecular formula is C24H24N8O6S2. The van der Waals surface area contributed by atoms with E-state index >= 15 is 0 Å². The number of nitrogen functional groups attached to an aromatic ring is 1. The van der Waals surface area contributed by atoms with Crippen LogP contribution < -0.4 is 5.73 Å². The highest BCUT2D eigenvalue weighted by molar-refractivity contribution is 7.86. The lowest BCUT2D eigenvalue weighted by Crippen LogP contribution is -2.13. The second-order valence-corrected chi connectivity index (χ2v) is 12.5. The van der Waals surface area contributed by atoms with Crippen molar-refractivity contribution in [2.45, 2.75) is 42.9 Å². The molecule has 2 aromatic carbocycles. The third-order valence-electron chi connectivity index (χ3n) is 5.70. The Balaban J connectivity index is 2.00. The van der Waals surface area contributed by atoms with Gasteiger partial charge in [-0.2, -0.15) is 27.0 Å². The number of nitrogens with zero attached hydrogens (tertiary/aromatic N) is 7. The molecule has 208 valence electrons. The van der Waals surface area contributed by atoms with Crippen LogP contribution in [-0.4, -0.2) is 45.5 Å². The zero-order chi connectivity index (χ0) is 29.6. The second kappa shape index (κ2) is 9.95. The van der Waals surface area contributed by atoms with Crippen LogP contribution in [0, 0.1) is 13.5 Å². The van der Waals surface area contributed by atoms with E-state index in [1.165, 1.54) is 11.6 Å². The molecule has 0 atom stereocenters. The van der Waals surface area contributed by atoms with Gasteiger partial charge in [-0.15, -0.1) is 10.2 Å². The maximum absolute atomic E-state index is 12.1. The Kier molecular flexibility index (Phi) is 7.11. The molecule has 0 saturated carbocycles.